The average molecular weight is 468 g/mol. The lowest BCUT2D eigenvalue weighted by Gasteiger charge is -2.33. The van der Waals surface area contributed by atoms with Gasteiger partial charge in [0, 0.05) is 0 Å². The summed E-state index contributed by atoms with van der Waals surface area (Å²) in [4.78, 5) is 6.69. The zero-order chi connectivity index (χ0) is 21.1. The zero-order valence-corrected chi connectivity index (χ0v) is 20.5. The molecular formula is C24H35Cl2N3O2. The van der Waals surface area contributed by atoms with Gasteiger partial charge in [-0.2, -0.15) is 0 Å². The molecule has 5 N–H and O–H groups in total. The topological polar surface area (TPSA) is 76.0 Å². The summed E-state index contributed by atoms with van der Waals surface area (Å²) in [7, 11) is 0. The first-order chi connectivity index (χ1) is 13.6. The SMILES string of the molecule is CC(C)(C)CC(C)(C)c1ccc(OC(O)C[NH2+]Cc2[nH]c3ccccc3[nH+]2)cc1.[Cl-].[Cl-]. The second-order valence-electron chi connectivity index (χ2n) is 9.72. The number of ether oxygens (including phenoxy) is 1. The van der Waals surface area contributed by atoms with E-state index < -0.39 is 6.29 Å². The number of rotatable bonds is 8. The number of H-pyrrole nitrogens is 2. The van der Waals surface area contributed by atoms with Crippen LogP contribution in [0.5, 0.6) is 5.75 Å². The van der Waals surface area contributed by atoms with Gasteiger partial charge in [0.15, 0.2) is 17.6 Å². The van der Waals surface area contributed by atoms with Crippen molar-refractivity contribution in [3.63, 3.8) is 0 Å². The Hall–Kier alpha value is -1.79. The average Bonchev–Trinajstić information content (AvgIpc) is 3.03. The first kappa shape index (κ1) is 27.2. The molecule has 31 heavy (non-hydrogen) atoms. The van der Waals surface area contributed by atoms with Gasteiger partial charge in [0.1, 0.15) is 12.3 Å². The third-order valence-corrected chi connectivity index (χ3v) is 5.10. The van der Waals surface area contributed by atoms with E-state index in [2.05, 4.69) is 56.7 Å². The number of benzene rings is 2. The maximum atomic E-state index is 10.2. The molecule has 1 heterocycles. The number of aliphatic hydroxyl groups is 1. The third kappa shape index (κ3) is 8.00. The molecule has 1 atom stereocenters. The van der Waals surface area contributed by atoms with Gasteiger partial charge >= 0.3 is 5.82 Å². The van der Waals surface area contributed by atoms with Crippen LogP contribution < -0.4 is 39.9 Å². The van der Waals surface area contributed by atoms with Crippen molar-refractivity contribution in [3.8, 4) is 5.75 Å². The van der Waals surface area contributed by atoms with Gasteiger partial charge in [-0.25, -0.2) is 9.97 Å². The molecule has 0 radical (unpaired) electrons. The van der Waals surface area contributed by atoms with E-state index in [4.69, 9.17) is 4.74 Å². The van der Waals surface area contributed by atoms with Crippen molar-refractivity contribution in [1.82, 2.24) is 4.98 Å². The number of hydrogen-bond acceptors (Lipinski definition) is 2. The number of imidazole rings is 1. The second-order valence-corrected chi connectivity index (χ2v) is 9.72. The molecule has 3 aromatic rings. The zero-order valence-electron chi connectivity index (χ0n) is 19.0. The van der Waals surface area contributed by atoms with E-state index in [0.29, 0.717) is 12.3 Å². The first-order valence-electron chi connectivity index (χ1n) is 10.4. The highest BCUT2D eigenvalue weighted by Crippen LogP contribution is 2.36. The molecule has 0 saturated carbocycles. The van der Waals surface area contributed by atoms with Crippen LogP contribution in [0.1, 0.15) is 52.4 Å². The predicted octanol–water partition coefficient (Wildman–Crippen LogP) is -2.84. The van der Waals surface area contributed by atoms with Crippen LogP contribution in [0.25, 0.3) is 11.0 Å². The number of aliphatic hydroxyl groups excluding tert-OH is 1. The van der Waals surface area contributed by atoms with Crippen LogP contribution >= 0.6 is 0 Å². The van der Waals surface area contributed by atoms with Crippen LogP contribution in [0.3, 0.4) is 0 Å². The second kappa shape index (κ2) is 11.2. The van der Waals surface area contributed by atoms with Gasteiger partial charge in [-0.15, -0.1) is 0 Å². The third-order valence-electron chi connectivity index (χ3n) is 5.10. The molecule has 1 aromatic heterocycles. The van der Waals surface area contributed by atoms with Crippen molar-refractivity contribution in [1.29, 1.82) is 0 Å². The fraction of sp³-hybridized carbons (Fsp3) is 0.458. The summed E-state index contributed by atoms with van der Waals surface area (Å²) >= 11 is 0. The quantitative estimate of drug-likeness (QED) is 0.312. The normalized spacial score (nSPS) is 12.7. The van der Waals surface area contributed by atoms with E-state index >= 15 is 0 Å². The van der Waals surface area contributed by atoms with Crippen molar-refractivity contribution in [2.75, 3.05) is 6.54 Å². The number of halogens is 2. The molecule has 172 valence electrons. The van der Waals surface area contributed by atoms with Gasteiger partial charge in [-0.1, -0.05) is 58.9 Å². The lowest BCUT2D eigenvalue weighted by Crippen LogP contribution is -3.00. The van der Waals surface area contributed by atoms with Crippen molar-refractivity contribution in [2.45, 2.75) is 59.3 Å². The molecule has 3 rings (SSSR count). The van der Waals surface area contributed by atoms with Crippen molar-refractivity contribution < 1.29 is 45.0 Å². The largest absolute Gasteiger partial charge is 1.00 e. The smallest absolute Gasteiger partial charge is 0.309 e. The molecule has 7 heteroatoms. The minimum atomic E-state index is -0.854. The van der Waals surface area contributed by atoms with Gasteiger partial charge in [-0.05, 0) is 47.1 Å². The van der Waals surface area contributed by atoms with Crippen molar-refractivity contribution >= 4 is 11.0 Å². The van der Waals surface area contributed by atoms with E-state index in [9.17, 15) is 5.11 Å². The summed E-state index contributed by atoms with van der Waals surface area (Å²) in [5, 5.41) is 12.2. The van der Waals surface area contributed by atoms with Crippen molar-refractivity contribution in [3.05, 3.63) is 59.9 Å². The van der Waals surface area contributed by atoms with Gasteiger partial charge in [0.2, 0.25) is 6.29 Å². The number of quaternary nitrogens is 1. The molecule has 1 unspecified atom stereocenters. The monoisotopic (exact) mass is 467 g/mol. The molecule has 0 aliphatic carbocycles. The Morgan fingerprint density at radius 2 is 1.65 bits per heavy atom. The maximum Gasteiger partial charge on any atom is 0.309 e. The molecule has 0 spiro atoms. The van der Waals surface area contributed by atoms with E-state index in [-0.39, 0.29) is 35.6 Å². The molecular weight excluding hydrogens is 433 g/mol. The summed E-state index contributed by atoms with van der Waals surface area (Å²) < 4.78 is 5.68. The predicted molar refractivity (Wildman–Crippen MR) is 116 cm³/mol. The van der Waals surface area contributed by atoms with E-state index in [1.807, 2.05) is 41.7 Å². The molecule has 0 saturated heterocycles. The van der Waals surface area contributed by atoms with Crippen LogP contribution in [0.2, 0.25) is 0 Å². The lowest BCUT2D eigenvalue weighted by molar-refractivity contribution is -0.690. The highest BCUT2D eigenvalue weighted by Gasteiger charge is 2.27. The minimum absolute atomic E-state index is 0. The fourth-order valence-electron chi connectivity index (χ4n) is 4.15. The summed E-state index contributed by atoms with van der Waals surface area (Å²) in [5.74, 6) is 1.71. The molecule has 0 fully saturated rings. The Labute approximate surface area is 197 Å². The molecule has 5 nitrogen and oxygen atoms in total. The number of aromatic nitrogens is 2. The van der Waals surface area contributed by atoms with Crippen LogP contribution in [-0.2, 0) is 12.0 Å². The Kier molecular flexibility index (Phi) is 9.83. The molecule has 0 bridgehead atoms. The molecule has 0 aliphatic heterocycles. The van der Waals surface area contributed by atoms with Crippen LogP contribution in [0.4, 0.5) is 0 Å². The Bertz CT molecular complexity index is 901. The summed E-state index contributed by atoms with van der Waals surface area (Å²) in [6.45, 7) is 12.5. The number of fused-ring (bicyclic) bond motifs is 1. The molecule has 0 aliphatic rings. The fourth-order valence-corrected chi connectivity index (χ4v) is 4.15. The van der Waals surface area contributed by atoms with Crippen molar-refractivity contribution in [2.24, 2.45) is 5.41 Å². The Morgan fingerprint density at radius 1 is 1.00 bits per heavy atom. The van der Waals surface area contributed by atoms with Gasteiger partial charge in [-0.3, -0.25) is 0 Å². The molecule has 2 aromatic carbocycles. The number of nitrogens with one attached hydrogen (secondary N) is 2. The summed E-state index contributed by atoms with van der Waals surface area (Å²) in [6, 6.07) is 16.2. The maximum absolute atomic E-state index is 10.2. The minimum Gasteiger partial charge on any atom is -1.00 e. The number of nitrogens with two attached hydrogens (primary N) is 1. The van der Waals surface area contributed by atoms with Crippen LogP contribution in [0.15, 0.2) is 48.5 Å². The molecule has 0 amide bonds. The Morgan fingerprint density at radius 3 is 2.26 bits per heavy atom. The Balaban J connectivity index is 0.00000240. The summed E-state index contributed by atoms with van der Waals surface area (Å²) in [6.07, 6.45) is 0.246. The highest BCUT2D eigenvalue weighted by molar-refractivity contribution is 5.70. The number of hydrogen-bond donors (Lipinski definition) is 3. The highest BCUT2D eigenvalue weighted by atomic mass is 35.5. The van der Waals surface area contributed by atoms with Gasteiger partial charge < -0.3 is 40.0 Å². The van der Waals surface area contributed by atoms with E-state index in [0.717, 1.165) is 29.8 Å². The van der Waals surface area contributed by atoms with E-state index in [1.54, 1.807) is 0 Å². The number of para-hydroxylation sites is 2. The van der Waals surface area contributed by atoms with Crippen LogP contribution in [0, 0.1) is 5.41 Å². The first-order valence-corrected chi connectivity index (χ1v) is 10.4. The van der Waals surface area contributed by atoms with Crippen LogP contribution in [-0.4, -0.2) is 22.9 Å². The number of aromatic amines is 2. The summed E-state index contributed by atoms with van der Waals surface area (Å²) in [5.41, 5.74) is 3.83. The lowest BCUT2D eigenvalue weighted by atomic mass is 9.72. The standard InChI is InChI=1S/C24H33N3O2.2ClH/c1-23(2,3)16-24(4,5)17-10-12-18(13-11-17)29-22(28)15-25-14-21-26-19-8-6-7-9-20(19)27-21;;/h6-13,22,25,28H,14-16H2,1-5H3,(H,26,27);2*1H. The van der Waals surface area contributed by atoms with Gasteiger partial charge in [0.05, 0.1) is 0 Å². The van der Waals surface area contributed by atoms with E-state index in [1.165, 1.54) is 5.56 Å². The van der Waals surface area contributed by atoms with Gasteiger partial charge in [0.25, 0.3) is 0 Å².